The Bertz CT molecular complexity index is 442. The Balaban J connectivity index is 2.02. The van der Waals surface area contributed by atoms with E-state index < -0.39 is 0 Å². The minimum absolute atomic E-state index is 0.203. The summed E-state index contributed by atoms with van der Waals surface area (Å²) in [7, 11) is 1.59. The fourth-order valence-electron chi connectivity index (χ4n) is 3.02. The molecule has 1 aromatic rings. The van der Waals surface area contributed by atoms with Crippen molar-refractivity contribution in [1.82, 2.24) is 10.2 Å². The molecule has 0 aliphatic carbocycles. The molecule has 118 valence electrons. The van der Waals surface area contributed by atoms with Gasteiger partial charge in [-0.2, -0.15) is 0 Å². The zero-order valence-electron chi connectivity index (χ0n) is 13.4. The maximum Gasteiger partial charge on any atom is 0.160 e. The quantitative estimate of drug-likeness (QED) is 0.811. The Morgan fingerprint density at radius 1 is 1.43 bits per heavy atom. The number of nitrogens with one attached hydrogen (secondary N) is 1. The van der Waals surface area contributed by atoms with Gasteiger partial charge in [0.05, 0.1) is 7.11 Å². The van der Waals surface area contributed by atoms with Gasteiger partial charge < -0.3 is 15.2 Å². The highest BCUT2D eigenvalue weighted by Crippen LogP contribution is 2.27. The third-order valence-electron chi connectivity index (χ3n) is 3.91. The summed E-state index contributed by atoms with van der Waals surface area (Å²) < 4.78 is 5.20. The van der Waals surface area contributed by atoms with Gasteiger partial charge in [0.1, 0.15) is 0 Å². The zero-order chi connectivity index (χ0) is 15.2. The summed E-state index contributed by atoms with van der Waals surface area (Å²) in [5.74, 6) is 1.40. The van der Waals surface area contributed by atoms with E-state index in [9.17, 15) is 5.11 Å². The van der Waals surface area contributed by atoms with E-state index in [2.05, 4.69) is 24.1 Å². The molecular weight excluding hydrogens is 264 g/mol. The number of rotatable bonds is 7. The Morgan fingerprint density at radius 2 is 2.24 bits per heavy atom. The van der Waals surface area contributed by atoms with Gasteiger partial charge in [0.2, 0.25) is 0 Å². The zero-order valence-corrected chi connectivity index (χ0v) is 13.4. The first kappa shape index (κ1) is 16.1. The predicted molar refractivity (Wildman–Crippen MR) is 85.8 cm³/mol. The molecule has 0 spiro atoms. The summed E-state index contributed by atoms with van der Waals surface area (Å²) in [5.41, 5.74) is 1.18. The van der Waals surface area contributed by atoms with Crippen LogP contribution < -0.4 is 10.1 Å². The summed E-state index contributed by atoms with van der Waals surface area (Å²) in [6, 6.07) is 6.25. The molecule has 0 radical (unpaired) electrons. The van der Waals surface area contributed by atoms with Crippen LogP contribution in [-0.2, 0) is 6.54 Å². The topological polar surface area (TPSA) is 44.7 Å². The van der Waals surface area contributed by atoms with Gasteiger partial charge in [-0.25, -0.2) is 0 Å². The van der Waals surface area contributed by atoms with Gasteiger partial charge in [-0.1, -0.05) is 19.9 Å². The van der Waals surface area contributed by atoms with Crippen LogP contribution in [0.1, 0.15) is 32.3 Å². The largest absolute Gasteiger partial charge is 0.504 e. The molecule has 1 unspecified atom stereocenters. The third-order valence-corrected chi connectivity index (χ3v) is 3.91. The van der Waals surface area contributed by atoms with Crippen LogP contribution >= 0.6 is 0 Å². The van der Waals surface area contributed by atoms with Gasteiger partial charge in [0, 0.05) is 25.7 Å². The summed E-state index contributed by atoms with van der Waals surface area (Å²) in [5, 5.41) is 13.3. The van der Waals surface area contributed by atoms with Crippen LogP contribution in [0.25, 0.3) is 0 Å². The molecule has 0 saturated carbocycles. The maximum absolute atomic E-state index is 9.70. The lowest BCUT2D eigenvalue weighted by atomic mass is 10.1. The Labute approximate surface area is 128 Å². The van der Waals surface area contributed by atoms with Gasteiger partial charge >= 0.3 is 0 Å². The van der Waals surface area contributed by atoms with Crippen LogP contribution in [0.4, 0.5) is 0 Å². The van der Waals surface area contributed by atoms with E-state index in [1.165, 1.54) is 18.4 Å². The molecule has 2 rings (SSSR count). The van der Waals surface area contributed by atoms with E-state index in [1.54, 1.807) is 13.2 Å². The first-order valence-electron chi connectivity index (χ1n) is 7.90. The van der Waals surface area contributed by atoms with Crippen LogP contribution in [-0.4, -0.2) is 42.8 Å². The van der Waals surface area contributed by atoms with Gasteiger partial charge in [0.15, 0.2) is 11.5 Å². The van der Waals surface area contributed by atoms with Crippen molar-refractivity contribution in [2.24, 2.45) is 5.92 Å². The molecule has 4 nitrogen and oxygen atoms in total. The number of methoxy groups -OCH3 is 1. The number of phenolic OH excluding ortho intramolecular Hbond substituents is 1. The smallest absolute Gasteiger partial charge is 0.160 e. The molecule has 4 heteroatoms. The highest BCUT2D eigenvalue weighted by Gasteiger charge is 2.19. The number of aromatic hydroxyl groups is 1. The van der Waals surface area contributed by atoms with Gasteiger partial charge in [-0.05, 0) is 43.0 Å². The lowest BCUT2D eigenvalue weighted by Gasteiger charge is -2.27. The number of ether oxygens (including phenoxy) is 1. The fourth-order valence-corrected chi connectivity index (χ4v) is 3.02. The summed E-state index contributed by atoms with van der Waals surface area (Å²) in [6.45, 7) is 8.72. The molecule has 1 aromatic carbocycles. The van der Waals surface area contributed by atoms with Crippen LogP contribution in [0.3, 0.4) is 0 Å². The second-order valence-electron chi connectivity index (χ2n) is 6.39. The van der Waals surface area contributed by atoms with Crippen LogP contribution in [0, 0.1) is 5.92 Å². The molecule has 1 saturated heterocycles. The van der Waals surface area contributed by atoms with Crippen LogP contribution in [0.2, 0.25) is 0 Å². The SMILES string of the molecule is COc1cc(CN(CC(C)C)CC2CCCN2)ccc1O. The molecule has 0 amide bonds. The highest BCUT2D eigenvalue weighted by atomic mass is 16.5. The number of hydrogen-bond acceptors (Lipinski definition) is 4. The van der Waals surface area contributed by atoms with Crippen molar-refractivity contribution in [1.29, 1.82) is 0 Å². The first-order valence-corrected chi connectivity index (χ1v) is 7.90. The maximum atomic E-state index is 9.70. The monoisotopic (exact) mass is 292 g/mol. The lowest BCUT2D eigenvalue weighted by Crippen LogP contribution is -2.38. The van der Waals surface area contributed by atoms with Crippen molar-refractivity contribution in [3.05, 3.63) is 23.8 Å². The van der Waals surface area contributed by atoms with Crippen molar-refractivity contribution < 1.29 is 9.84 Å². The van der Waals surface area contributed by atoms with Crippen molar-refractivity contribution in [2.75, 3.05) is 26.7 Å². The van der Waals surface area contributed by atoms with E-state index in [1.807, 2.05) is 12.1 Å². The molecule has 0 bridgehead atoms. The minimum Gasteiger partial charge on any atom is -0.504 e. The first-order chi connectivity index (χ1) is 10.1. The second kappa shape index (κ2) is 7.66. The minimum atomic E-state index is 0.203. The molecule has 21 heavy (non-hydrogen) atoms. The van der Waals surface area contributed by atoms with Crippen molar-refractivity contribution in [3.8, 4) is 11.5 Å². The predicted octanol–water partition coefficient (Wildman–Crippen LogP) is 2.61. The normalized spacial score (nSPS) is 18.6. The average molecular weight is 292 g/mol. The van der Waals surface area contributed by atoms with E-state index in [-0.39, 0.29) is 5.75 Å². The number of benzene rings is 1. The van der Waals surface area contributed by atoms with E-state index in [4.69, 9.17) is 4.74 Å². The molecule has 1 aliphatic heterocycles. The van der Waals surface area contributed by atoms with E-state index in [0.29, 0.717) is 17.7 Å². The lowest BCUT2D eigenvalue weighted by molar-refractivity contribution is 0.216. The molecule has 1 aliphatic rings. The summed E-state index contributed by atoms with van der Waals surface area (Å²) in [4.78, 5) is 2.50. The Morgan fingerprint density at radius 3 is 2.86 bits per heavy atom. The molecule has 1 atom stereocenters. The third kappa shape index (κ3) is 4.90. The number of phenols is 1. The summed E-state index contributed by atoms with van der Waals surface area (Å²) >= 11 is 0. The van der Waals surface area contributed by atoms with Crippen molar-refractivity contribution in [3.63, 3.8) is 0 Å². The molecule has 2 N–H and O–H groups in total. The Hall–Kier alpha value is -1.26. The van der Waals surface area contributed by atoms with Crippen LogP contribution in [0.5, 0.6) is 11.5 Å². The van der Waals surface area contributed by atoms with Gasteiger partial charge in [-0.15, -0.1) is 0 Å². The van der Waals surface area contributed by atoms with Crippen molar-refractivity contribution in [2.45, 2.75) is 39.3 Å². The molecular formula is C17H28N2O2. The van der Waals surface area contributed by atoms with Gasteiger partial charge in [0.25, 0.3) is 0 Å². The molecule has 1 fully saturated rings. The summed E-state index contributed by atoms with van der Waals surface area (Å²) in [6.07, 6.45) is 2.56. The number of hydrogen-bond donors (Lipinski definition) is 2. The van der Waals surface area contributed by atoms with E-state index >= 15 is 0 Å². The van der Waals surface area contributed by atoms with Crippen LogP contribution in [0.15, 0.2) is 18.2 Å². The number of nitrogens with zero attached hydrogens (tertiary/aromatic N) is 1. The van der Waals surface area contributed by atoms with Crippen molar-refractivity contribution >= 4 is 0 Å². The Kier molecular flexibility index (Phi) is 5.88. The average Bonchev–Trinajstić information content (AvgIpc) is 2.93. The standard InChI is InChI=1S/C17H28N2O2/c1-13(2)10-19(12-15-5-4-8-18-15)11-14-6-7-16(20)17(9-14)21-3/h6-7,9,13,15,18,20H,4-5,8,10-12H2,1-3H3. The highest BCUT2D eigenvalue weighted by molar-refractivity contribution is 5.41. The molecule has 0 aromatic heterocycles. The fraction of sp³-hybridized carbons (Fsp3) is 0.647. The second-order valence-corrected chi connectivity index (χ2v) is 6.39. The van der Waals surface area contributed by atoms with Gasteiger partial charge in [-0.3, -0.25) is 4.90 Å². The van der Waals surface area contributed by atoms with E-state index in [0.717, 1.165) is 26.2 Å². The molecule has 1 heterocycles.